The minimum Gasteiger partial charge on any atom is -0.480 e. The second-order valence-electron chi connectivity index (χ2n) is 6.11. The Morgan fingerprint density at radius 3 is 2.40 bits per heavy atom. The van der Waals surface area contributed by atoms with E-state index in [1.165, 1.54) is 12.8 Å². The molecule has 0 rings (SSSR count). The zero-order chi connectivity index (χ0) is 15.6. The Balaban J connectivity index is 4.12. The lowest BCUT2D eigenvalue weighted by atomic mass is 9.89. The van der Waals surface area contributed by atoms with Crippen molar-refractivity contribution in [2.45, 2.75) is 78.3 Å². The fraction of sp³-hybridized carbons (Fsp3) is 0.938. The summed E-state index contributed by atoms with van der Waals surface area (Å²) in [6.07, 6.45) is 4.34. The molecule has 2 atom stereocenters. The summed E-state index contributed by atoms with van der Waals surface area (Å²) in [4.78, 5) is 11.5. The van der Waals surface area contributed by atoms with Crippen LogP contribution >= 0.6 is 0 Å². The van der Waals surface area contributed by atoms with Crippen LogP contribution in [-0.4, -0.2) is 35.9 Å². The fourth-order valence-electron chi connectivity index (χ4n) is 2.56. The van der Waals surface area contributed by atoms with Gasteiger partial charge in [-0.1, -0.05) is 27.2 Å². The highest BCUT2D eigenvalue weighted by Gasteiger charge is 2.36. The lowest BCUT2D eigenvalue weighted by molar-refractivity contribution is -0.146. The number of carboxylic acids is 1. The van der Waals surface area contributed by atoms with Gasteiger partial charge in [-0.3, -0.25) is 10.1 Å². The average Bonchev–Trinajstić information content (AvgIpc) is 2.36. The topological polar surface area (TPSA) is 58.6 Å². The van der Waals surface area contributed by atoms with Crippen LogP contribution in [0.5, 0.6) is 0 Å². The minimum atomic E-state index is -0.813. The summed E-state index contributed by atoms with van der Waals surface area (Å²) in [7, 11) is 0. The maximum absolute atomic E-state index is 11.5. The highest BCUT2D eigenvalue weighted by molar-refractivity contribution is 5.78. The van der Waals surface area contributed by atoms with E-state index in [0.717, 1.165) is 13.0 Å². The van der Waals surface area contributed by atoms with Crippen molar-refractivity contribution in [3.05, 3.63) is 0 Å². The van der Waals surface area contributed by atoms with Gasteiger partial charge in [0.25, 0.3) is 0 Å². The summed E-state index contributed by atoms with van der Waals surface area (Å²) in [5.41, 5.74) is -0.813. The van der Waals surface area contributed by atoms with Gasteiger partial charge in [-0.2, -0.15) is 0 Å². The number of carbonyl (C=O) groups is 1. The molecule has 120 valence electrons. The molecular formula is C16H33NO3. The normalized spacial score (nSPS) is 16.1. The molecule has 0 aliphatic carbocycles. The van der Waals surface area contributed by atoms with Crippen LogP contribution in [0.15, 0.2) is 0 Å². The lowest BCUT2D eigenvalue weighted by Gasteiger charge is -2.31. The Bertz CT molecular complexity index is 268. The summed E-state index contributed by atoms with van der Waals surface area (Å²) in [6.45, 7) is 11.7. The zero-order valence-corrected chi connectivity index (χ0v) is 13.9. The van der Waals surface area contributed by atoms with Crippen LogP contribution in [-0.2, 0) is 9.53 Å². The highest BCUT2D eigenvalue weighted by atomic mass is 16.5. The van der Waals surface area contributed by atoms with Crippen molar-refractivity contribution in [2.75, 3.05) is 13.2 Å². The molecule has 0 fully saturated rings. The zero-order valence-electron chi connectivity index (χ0n) is 13.9. The second-order valence-corrected chi connectivity index (χ2v) is 6.11. The molecule has 4 nitrogen and oxygen atoms in total. The van der Waals surface area contributed by atoms with Gasteiger partial charge < -0.3 is 9.84 Å². The number of hydrogen-bond acceptors (Lipinski definition) is 3. The first-order valence-electron chi connectivity index (χ1n) is 7.96. The largest absolute Gasteiger partial charge is 0.480 e. The molecule has 0 heterocycles. The van der Waals surface area contributed by atoms with E-state index in [9.17, 15) is 9.90 Å². The number of ether oxygens (including phenoxy) is 1. The van der Waals surface area contributed by atoms with E-state index < -0.39 is 11.5 Å². The molecule has 0 saturated carbocycles. The van der Waals surface area contributed by atoms with Crippen LogP contribution in [0.3, 0.4) is 0 Å². The summed E-state index contributed by atoms with van der Waals surface area (Å²) in [5.74, 6) is -0.169. The van der Waals surface area contributed by atoms with E-state index in [-0.39, 0.29) is 6.04 Å². The smallest absolute Gasteiger partial charge is 0.323 e. The van der Waals surface area contributed by atoms with Crippen molar-refractivity contribution < 1.29 is 14.6 Å². The molecular weight excluding hydrogens is 254 g/mol. The molecule has 2 unspecified atom stereocenters. The van der Waals surface area contributed by atoms with Crippen molar-refractivity contribution >= 4 is 5.97 Å². The molecule has 0 bridgehead atoms. The molecule has 0 amide bonds. The van der Waals surface area contributed by atoms with Gasteiger partial charge >= 0.3 is 5.97 Å². The predicted octanol–water partition coefficient (Wildman–Crippen LogP) is 3.45. The second kappa shape index (κ2) is 10.2. The summed E-state index contributed by atoms with van der Waals surface area (Å²) < 4.78 is 5.65. The van der Waals surface area contributed by atoms with E-state index in [2.05, 4.69) is 19.2 Å². The Hall–Kier alpha value is -0.610. The van der Waals surface area contributed by atoms with E-state index in [4.69, 9.17) is 4.74 Å². The molecule has 0 saturated heterocycles. The van der Waals surface area contributed by atoms with Gasteiger partial charge in [-0.25, -0.2) is 0 Å². The quantitative estimate of drug-likeness (QED) is 0.540. The molecule has 0 aromatic heterocycles. The Morgan fingerprint density at radius 1 is 1.30 bits per heavy atom. The maximum Gasteiger partial charge on any atom is 0.323 e. The van der Waals surface area contributed by atoms with Gasteiger partial charge in [0, 0.05) is 19.3 Å². The van der Waals surface area contributed by atoms with Crippen molar-refractivity contribution in [3.63, 3.8) is 0 Å². The van der Waals surface area contributed by atoms with E-state index in [0.29, 0.717) is 25.4 Å². The monoisotopic (exact) mass is 287 g/mol. The summed E-state index contributed by atoms with van der Waals surface area (Å²) in [6, 6.07) is 0.163. The average molecular weight is 287 g/mol. The number of hydrogen-bond donors (Lipinski definition) is 2. The minimum absolute atomic E-state index is 0.163. The molecule has 0 spiro atoms. The fourth-order valence-corrected chi connectivity index (χ4v) is 2.56. The van der Waals surface area contributed by atoms with Gasteiger partial charge in [-0.15, -0.1) is 0 Å². The number of aliphatic carboxylic acids is 1. The molecule has 0 aliphatic heterocycles. The molecule has 2 N–H and O–H groups in total. The first kappa shape index (κ1) is 19.4. The number of rotatable bonds is 12. The Kier molecular flexibility index (Phi) is 9.86. The van der Waals surface area contributed by atoms with Crippen LogP contribution in [0.1, 0.15) is 66.7 Å². The van der Waals surface area contributed by atoms with Crippen LogP contribution < -0.4 is 5.32 Å². The van der Waals surface area contributed by atoms with Gasteiger partial charge in [0.2, 0.25) is 0 Å². The molecule has 20 heavy (non-hydrogen) atoms. The van der Waals surface area contributed by atoms with Crippen LogP contribution in [0.2, 0.25) is 0 Å². The van der Waals surface area contributed by atoms with E-state index in [1.807, 2.05) is 20.8 Å². The maximum atomic E-state index is 11.5. The van der Waals surface area contributed by atoms with E-state index >= 15 is 0 Å². The SMILES string of the molecule is CCCC(C)COCCCC(CC)(NC(C)C)C(=O)O. The van der Waals surface area contributed by atoms with Crippen LogP contribution in [0, 0.1) is 5.92 Å². The third-order valence-corrected chi connectivity index (χ3v) is 3.65. The lowest BCUT2D eigenvalue weighted by Crippen LogP contribution is -2.54. The molecule has 0 aliphatic rings. The van der Waals surface area contributed by atoms with Crippen molar-refractivity contribution in [3.8, 4) is 0 Å². The standard InChI is InChI=1S/C16H33NO3/c1-6-9-14(5)12-20-11-8-10-16(7-2,15(18)19)17-13(3)4/h13-14,17H,6-12H2,1-5H3,(H,18,19). The molecule has 0 aromatic rings. The number of nitrogens with one attached hydrogen (secondary N) is 1. The van der Waals surface area contributed by atoms with Gasteiger partial charge in [0.05, 0.1) is 0 Å². The van der Waals surface area contributed by atoms with Crippen LogP contribution in [0.25, 0.3) is 0 Å². The van der Waals surface area contributed by atoms with Gasteiger partial charge in [-0.05, 0) is 45.4 Å². The van der Waals surface area contributed by atoms with Gasteiger partial charge in [0.15, 0.2) is 0 Å². The van der Waals surface area contributed by atoms with E-state index in [1.54, 1.807) is 0 Å². The van der Waals surface area contributed by atoms with Crippen molar-refractivity contribution in [1.29, 1.82) is 0 Å². The Morgan fingerprint density at radius 2 is 1.95 bits per heavy atom. The predicted molar refractivity (Wildman–Crippen MR) is 83.1 cm³/mol. The molecule has 4 heteroatoms. The molecule has 0 aromatic carbocycles. The van der Waals surface area contributed by atoms with Gasteiger partial charge in [0.1, 0.15) is 5.54 Å². The van der Waals surface area contributed by atoms with Crippen LogP contribution in [0.4, 0.5) is 0 Å². The van der Waals surface area contributed by atoms with Crippen molar-refractivity contribution in [1.82, 2.24) is 5.32 Å². The first-order chi connectivity index (χ1) is 9.38. The number of carboxylic acid groups (broad SMARTS) is 1. The summed E-state index contributed by atoms with van der Waals surface area (Å²) >= 11 is 0. The highest BCUT2D eigenvalue weighted by Crippen LogP contribution is 2.19. The molecule has 0 radical (unpaired) electrons. The Labute approximate surface area is 124 Å². The first-order valence-corrected chi connectivity index (χ1v) is 7.96. The summed E-state index contributed by atoms with van der Waals surface area (Å²) in [5, 5.41) is 12.7. The van der Waals surface area contributed by atoms with Crippen molar-refractivity contribution in [2.24, 2.45) is 5.92 Å². The third kappa shape index (κ3) is 7.25. The third-order valence-electron chi connectivity index (χ3n) is 3.65.